The van der Waals surface area contributed by atoms with Crippen LogP contribution in [0.4, 0.5) is 5.69 Å². The maximum atomic E-state index is 12.7. The number of carbonyl (C=O) groups is 1. The summed E-state index contributed by atoms with van der Waals surface area (Å²) < 4.78 is 6.05. The summed E-state index contributed by atoms with van der Waals surface area (Å²) in [6.07, 6.45) is 3.97. The zero-order valence-electron chi connectivity index (χ0n) is 18.0. The number of aryl methyl sites for hydroxylation is 1. The van der Waals surface area contributed by atoms with Crippen molar-refractivity contribution in [3.63, 3.8) is 0 Å². The fraction of sp³-hybridized carbons (Fsp3) is 0.400. The van der Waals surface area contributed by atoms with E-state index < -0.39 is 0 Å². The number of benzene rings is 2. The van der Waals surface area contributed by atoms with Crippen LogP contribution in [-0.4, -0.2) is 47.2 Å². The molecule has 32 heavy (non-hydrogen) atoms. The third-order valence-corrected chi connectivity index (χ3v) is 7.04. The van der Waals surface area contributed by atoms with Crippen molar-refractivity contribution >= 4 is 23.2 Å². The van der Waals surface area contributed by atoms with Gasteiger partial charge in [-0.1, -0.05) is 48.4 Å². The lowest BCUT2D eigenvalue weighted by molar-refractivity contribution is -0.131. The van der Waals surface area contributed by atoms with Gasteiger partial charge in [0.15, 0.2) is 0 Å². The van der Waals surface area contributed by atoms with Crippen LogP contribution in [0.15, 0.2) is 59.0 Å². The molecule has 2 fully saturated rings. The molecule has 0 spiro atoms. The van der Waals surface area contributed by atoms with Gasteiger partial charge in [-0.2, -0.15) is 0 Å². The zero-order valence-corrected chi connectivity index (χ0v) is 18.8. The number of piperazine rings is 1. The molecule has 2 aromatic carbocycles. The molecule has 5 rings (SSSR count). The molecule has 0 unspecified atom stereocenters. The topological polar surface area (TPSA) is 62.5 Å². The Morgan fingerprint density at radius 3 is 2.34 bits per heavy atom. The first-order chi connectivity index (χ1) is 15.6. The van der Waals surface area contributed by atoms with Gasteiger partial charge < -0.3 is 14.2 Å². The number of anilines is 1. The highest BCUT2D eigenvalue weighted by molar-refractivity contribution is 6.30. The summed E-state index contributed by atoms with van der Waals surface area (Å²) in [5.74, 6) is 1.34. The third kappa shape index (κ3) is 4.11. The molecular weight excluding hydrogens is 424 g/mol. The molecule has 2 heterocycles. The number of halogens is 1. The Kier molecular flexibility index (Phi) is 5.87. The first kappa shape index (κ1) is 21.0. The highest BCUT2D eigenvalue weighted by Crippen LogP contribution is 2.48. The first-order valence-electron chi connectivity index (χ1n) is 11.3. The van der Waals surface area contributed by atoms with E-state index in [1.165, 1.54) is 5.69 Å². The minimum absolute atomic E-state index is 0.147. The van der Waals surface area contributed by atoms with E-state index in [2.05, 4.69) is 27.2 Å². The minimum Gasteiger partial charge on any atom is -0.424 e. The summed E-state index contributed by atoms with van der Waals surface area (Å²) in [6, 6.07) is 18.3. The van der Waals surface area contributed by atoms with Gasteiger partial charge in [0.25, 0.3) is 0 Å². The van der Waals surface area contributed by atoms with Crippen molar-refractivity contribution in [1.29, 1.82) is 0 Å². The minimum atomic E-state index is -0.215. The van der Waals surface area contributed by atoms with Crippen molar-refractivity contribution in [3.05, 3.63) is 77.0 Å². The molecular formula is C25H27ClN4O2. The molecule has 0 atom stereocenters. The maximum Gasteiger partial charge on any atom is 0.227 e. The highest BCUT2D eigenvalue weighted by atomic mass is 35.5. The summed E-state index contributed by atoms with van der Waals surface area (Å²) in [6.45, 7) is 3.18. The van der Waals surface area contributed by atoms with E-state index in [0.717, 1.165) is 56.0 Å². The zero-order chi connectivity index (χ0) is 22.0. The largest absolute Gasteiger partial charge is 0.424 e. The van der Waals surface area contributed by atoms with Crippen molar-refractivity contribution in [2.45, 2.75) is 37.5 Å². The van der Waals surface area contributed by atoms with Crippen LogP contribution in [0, 0.1) is 0 Å². The van der Waals surface area contributed by atoms with Crippen LogP contribution in [0.5, 0.6) is 0 Å². The first-order valence-corrected chi connectivity index (χ1v) is 11.7. The Morgan fingerprint density at radius 1 is 0.969 bits per heavy atom. The van der Waals surface area contributed by atoms with Crippen LogP contribution in [0.1, 0.15) is 43.0 Å². The van der Waals surface area contributed by atoms with Gasteiger partial charge in [-0.25, -0.2) is 0 Å². The van der Waals surface area contributed by atoms with Crippen molar-refractivity contribution in [2.24, 2.45) is 0 Å². The van der Waals surface area contributed by atoms with E-state index >= 15 is 0 Å². The van der Waals surface area contributed by atoms with Crippen LogP contribution >= 0.6 is 11.6 Å². The molecule has 1 aliphatic heterocycles. The SMILES string of the molecule is O=C(CCc1nnc(C2(c3ccc(Cl)cc3)CCC2)o1)N1CCN(c2ccccc2)CC1. The monoisotopic (exact) mass is 450 g/mol. The van der Waals surface area contributed by atoms with Gasteiger partial charge in [0, 0.05) is 49.7 Å². The van der Waals surface area contributed by atoms with Crippen molar-refractivity contribution < 1.29 is 9.21 Å². The number of hydrogen-bond acceptors (Lipinski definition) is 5. The van der Waals surface area contributed by atoms with Gasteiger partial charge in [-0.05, 0) is 42.7 Å². The number of nitrogens with zero attached hydrogens (tertiary/aromatic N) is 4. The maximum absolute atomic E-state index is 12.7. The van der Waals surface area contributed by atoms with Crippen LogP contribution in [0.25, 0.3) is 0 Å². The van der Waals surface area contributed by atoms with Gasteiger partial charge in [-0.3, -0.25) is 4.79 Å². The molecule has 7 heteroatoms. The van der Waals surface area contributed by atoms with Crippen molar-refractivity contribution in [3.8, 4) is 0 Å². The number of para-hydroxylation sites is 1. The Labute approximate surface area is 193 Å². The second kappa shape index (κ2) is 8.94. The average Bonchev–Trinajstić information content (AvgIpc) is 3.28. The Balaban J connectivity index is 1.17. The number of aromatic nitrogens is 2. The van der Waals surface area contributed by atoms with Gasteiger partial charge in [0.2, 0.25) is 17.7 Å². The van der Waals surface area contributed by atoms with E-state index in [0.29, 0.717) is 24.6 Å². The summed E-state index contributed by atoms with van der Waals surface area (Å²) in [5.41, 5.74) is 2.16. The van der Waals surface area contributed by atoms with Crippen LogP contribution in [-0.2, 0) is 16.6 Å². The fourth-order valence-electron chi connectivity index (χ4n) is 4.70. The number of hydrogen-bond donors (Lipinski definition) is 0. The lowest BCUT2D eigenvalue weighted by atomic mass is 9.64. The Morgan fingerprint density at radius 2 is 1.69 bits per heavy atom. The molecule has 0 bridgehead atoms. The van der Waals surface area contributed by atoms with Gasteiger partial charge in [0.05, 0.1) is 5.41 Å². The quantitative estimate of drug-likeness (QED) is 0.554. The smallest absolute Gasteiger partial charge is 0.227 e. The molecule has 1 aromatic heterocycles. The number of carbonyl (C=O) groups excluding carboxylic acids is 1. The number of amides is 1. The Bertz CT molecular complexity index is 1060. The lowest BCUT2D eigenvalue weighted by Gasteiger charge is -2.39. The van der Waals surface area contributed by atoms with E-state index in [4.69, 9.17) is 16.0 Å². The summed E-state index contributed by atoms with van der Waals surface area (Å²) in [4.78, 5) is 17.0. The highest BCUT2D eigenvalue weighted by Gasteiger charge is 2.45. The van der Waals surface area contributed by atoms with Crippen molar-refractivity contribution in [2.75, 3.05) is 31.1 Å². The van der Waals surface area contributed by atoms with E-state index in [1.54, 1.807) is 0 Å². The second-order valence-electron chi connectivity index (χ2n) is 8.65. The molecule has 0 N–H and O–H groups in total. The van der Waals surface area contributed by atoms with Crippen LogP contribution in [0.3, 0.4) is 0 Å². The van der Waals surface area contributed by atoms with E-state index in [-0.39, 0.29) is 11.3 Å². The van der Waals surface area contributed by atoms with Gasteiger partial charge in [0.1, 0.15) is 0 Å². The molecule has 2 aliphatic rings. The van der Waals surface area contributed by atoms with Crippen LogP contribution in [0.2, 0.25) is 5.02 Å². The standard InChI is InChI=1S/C25H27ClN4O2/c26-20-9-7-19(8-10-20)25(13-4-14-25)24-28-27-22(32-24)11-12-23(31)30-17-15-29(16-18-30)21-5-2-1-3-6-21/h1-3,5-10H,4,11-18H2. The summed E-state index contributed by atoms with van der Waals surface area (Å²) in [5, 5.41) is 9.34. The van der Waals surface area contributed by atoms with Crippen molar-refractivity contribution in [1.82, 2.24) is 15.1 Å². The van der Waals surface area contributed by atoms with Crippen LogP contribution < -0.4 is 4.90 Å². The predicted octanol–water partition coefficient (Wildman–Crippen LogP) is 4.47. The van der Waals surface area contributed by atoms with Gasteiger partial charge in [-0.15, -0.1) is 10.2 Å². The molecule has 3 aromatic rings. The number of rotatable bonds is 6. The second-order valence-corrected chi connectivity index (χ2v) is 9.08. The third-order valence-electron chi connectivity index (χ3n) is 6.79. The Hall–Kier alpha value is -2.86. The normalized spacial score (nSPS) is 17.8. The summed E-state index contributed by atoms with van der Waals surface area (Å²) in [7, 11) is 0. The molecule has 166 valence electrons. The lowest BCUT2D eigenvalue weighted by Crippen LogP contribution is -2.48. The molecule has 0 radical (unpaired) electrons. The molecule has 6 nitrogen and oxygen atoms in total. The average molecular weight is 451 g/mol. The predicted molar refractivity (Wildman–Crippen MR) is 124 cm³/mol. The van der Waals surface area contributed by atoms with E-state index in [1.807, 2.05) is 47.4 Å². The molecule has 1 saturated heterocycles. The molecule has 1 aliphatic carbocycles. The van der Waals surface area contributed by atoms with Gasteiger partial charge >= 0.3 is 0 Å². The molecule has 1 saturated carbocycles. The fourth-order valence-corrected chi connectivity index (χ4v) is 4.82. The van der Waals surface area contributed by atoms with E-state index in [9.17, 15) is 4.79 Å². The summed E-state index contributed by atoms with van der Waals surface area (Å²) >= 11 is 6.06. The molecule has 1 amide bonds.